The molecule has 90 valence electrons. The molecule has 0 saturated heterocycles. The molecule has 7 nitrogen and oxygen atoms in total. The van der Waals surface area contributed by atoms with E-state index in [2.05, 4.69) is 15.0 Å². The van der Waals surface area contributed by atoms with Crippen molar-refractivity contribution in [2.24, 2.45) is 5.73 Å². The highest BCUT2D eigenvalue weighted by Gasteiger charge is 2.19. The summed E-state index contributed by atoms with van der Waals surface area (Å²) in [4.78, 5) is 11.4. The van der Waals surface area contributed by atoms with Crippen LogP contribution in [0.15, 0.2) is 0 Å². The van der Waals surface area contributed by atoms with Crippen molar-refractivity contribution in [3.05, 3.63) is 11.4 Å². The zero-order valence-electron chi connectivity index (χ0n) is 9.22. The van der Waals surface area contributed by atoms with Crippen LogP contribution >= 0.6 is 0 Å². The third-order valence-electron chi connectivity index (χ3n) is 2.13. The van der Waals surface area contributed by atoms with Crippen molar-refractivity contribution in [2.75, 3.05) is 20.3 Å². The fourth-order valence-electron chi connectivity index (χ4n) is 1.37. The fourth-order valence-corrected chi connectivity index (χ4v) is 1.37. The summed E-state index contributed by atoms with van der Waals surface area (Å²) in [5.41, 5.74) is 6.31. The highest BCUT2D eigenvalue weighted by molar-refractivity contribution is 5.88. The van der Waals surface area contributed by atoms with E-state index in [4.69, 9.17) is 10.8 Å². The number of nitrogens with zero attached hydrogens (tertiary/aromatic N) is 3. The molecule has 0 bridgehead atoms. The van der Waals surface area contributed by atoms with Gasteiger partial charge in [-0.05, 0) is 13.0 Å². The van der Waals surface area contributed by atoms with Crippen LogP contribution in [0.4, 0.5) is 0 Å². The maximum atomic E-state index is 11.4. The Kier molecular flexibility index (Phi) is 4.87. The minimum Gasteiger partial charge on any atom is -0.464 e. The Hall–Kier alpha value is -1.47. The molecule has 0 fully saturated rings. The summed E-state index contributed by atoms with van der Waals surface area (Å²) in [6.07, 6.45) is 1.06. The number of hydrogen-bond donors (Lipinski definition) is 2. The number of ether oxygens (including phenoxy) is 1. The second kappa shape index (κ2) is 6.19. The molecule has 1 heterocycles. The van der Waals surface area contributed by atoms with E-state index in [1.54, 1.807) is 4.68 Å². The Labute approximate surface area is 93.2 Å². The number of aromatic nitrogens is 3. The van der Waals surface area contributed by atoms with E-state index in [1.807, 2.05) is 0 Å². The molecule has 0 saturated carbocycles. The molecule has 0 aliphatic heterocycles. The van der Waals surface area contributed by atoms with Gasteiger partial charge in [-0.25, -0.2) is 9.48 Å². The number of aliphatic hydroxyl groups is 1. The van der Waals surface area contributed by atoms with Crippen LogP contribution < -0.4 is 5.73 Å². The Morgan fingerprint density at radius 3 is 2.94 bits per heavy atom. The fraction of sp³-hybridized carbons (Fsp3) is 0.667. The quantitative estimate of drug-likeness (QED) is 0.602. The molecular formula is C9H16N4O3. The van der Waals surface area contributed by atoms with Crippen molar-refractivity contribution in [1.82, 2.24) is 15.0 Å². The summed E-state index contributed by atoms with van der Waals surface area (Å²) in [5, 5.41) is 16.3. The molecule has 0 aliphatic rings. The normalized spacial score (nSPS) is 10.4. The van der Waals surface area contributed by atoms with Crippen LogP contribution in [0.25, 0.3) is 0 Å². The number of aryl methyl sites for hydroxylation is 1. The van der Waals surface area contributed by atoms with Crippen LogP contribution in [0.3, 0.4) is 0 Å². The Balaban J connectivity index is 2.92. The lowest BCUT2D eigenvalue weighted by Crippen LogP contribution is -2.14. The number of nitrogens with two attached hydrogens (primary N) is 1. The van der Waals surface area contributed by atoms with E-state index in [0.29, 0.717) is 31.6 Å². The van der Waals surface area contributed by atoms with Crippen LogP contribution in [-0.2, 0) is 17.7 Å². The van der Waals surface area contributed by atoms with Gasteiger partial charge in [-0.15, -0.1) is 5.10 Å². The van der Waals surface area contributed by atoms with Gasteiger partial charge in [0.15, 0.2) is 5.69 Å². The third-order valence-corrected chi connectivity index (χ3v) is 2.13. The third kappa shape index (κ3) is 2.77. The molecule has 0 aromatic carbocycles. The summed E-state index contributed by atoms with van der Waals surface area (Å²) < 4.78 is 6.17. The van der Waals surface area contributed by atoms with Crippen LogP contribution in [-0.4, -0.2) is 46.3 Å². The highest BCUT2D eigenvalue weighted by atomic mass is 16.5. The number of methoxy groups -OCH3 is 1. The topological polar surface area (TPSA) is 103 Å². The summed E-state index contributed by atoms with van der Waals surface area (Å²) in [7, 11) is 1.29. The number of esters is 1. The molecular weight excluding hydrogens is 212 g/mol. The van der Waals surface area contributed by atoms with Crippen LogP contribution in [0.2, 0.25) is 0 Å². The van der Waals surface area contributed by atoms with Gasteiger partial charge in [0, 0.05) is 19.6 Å². The van der Waals surface area contributed by atoms with Gasteiger partial charge >= 0.3 is 5.97 Å². The Morgan fingerprint density at radius 2 is 2.38 bits per heavy atom. The highest BCUT2D eigenvalue weighted by Crippen LogP contribution is 2.08. The van der Waals surface area contributed by atoms with Crippen molar-refractivity contribution in [3.63, 3.8) is 0 Å². The minimum absolute atomic E-state index is 0.0650. The maximum absolute atomic E-state index is 11.4. The largest absolute Gasteiger partial charge is 0.464 e. The molecule has 7 heteroatoms. The first kappa shape index (κ1) is 12.6. The first-order valence-electron chi connectivity index (χ1n) is 5.06. The van der Waals surface area contributed by atoms with Crippen molar-refractivity contribution in [2.45, 2.75) is 19.4 Å². The van der Waals surface area contributed by atoms with Gasteiger partial charge in [-0.2, -0.15) is 0 Å². The van der Waals surface area contributed by atoms with E-state index in [0.717, 1.165) is 0 Å². The van der Waals surface area contributed by atoms with Gasteiger partial charge in [-0.1, -0.05) is 5.21 Å². The minimum atomic E-state index is -0.515. The number of rotatable bonds is 6. The number of carbonyl (C=O) groups excluding carboxylic acids is 1. The van der Waals surface area contributed by atoms with Crippen LogP contribution in [0, 0.1) is 0 Å². The molecule has 1 rings (SSSR count). The van der Waals surface area contributed by atoms with Crippen LogP contribution in [0.5, 0.6) is 0 Å². The van der Waals surface area contributed by atoms with Gasteiger partial charge < -0.3 is 15.6 Å². The molecule has 0 radical (unpaired) electrons. The van der Waals surface area contributed by atoms with Gasteiger partial charge in [0.25, 0.3) is 0 Å². The van der Waals surface area contributed by atoms with Crippen molar-refractivity contribution < 1.29 is 14.6 Å². The monoisotopic (exact) mass is 228 g/mol. The van der Waals surface area contributed by atoms with E-state index in [9.17, 15) is 4.79 Å². The first-order valence-corrected chi connectivity index (χ1v) is 5.06. The lowest BCUT2D eigenvalue weighted by Gasteiger charge is -2.05. The predicted molar refractivity (Wildman–Crippen MR) is 55.8 cm³/mol. The van der Waals surface area contributed by atoms with Gasteiger partial charge in [0.2, 0.25) is 0 Å². The summed E-state index contributed by atoms with van der Waals surface area (Å²) >= 11 is 0. The van der Waals surface area contributed by atoms with E-state index in [1.165, 1.54) is 7.11 Å². The van der Waals surface area contributed by atoms with Gasteiger partial charge in [0.1, 0.15) is 0 Å². The van der Waals surface area contributed by atoms with Crippen LogP contribution in [0.1, 0.15) is 22.6 Å². The SMILES string of the molecule is COC(=O)c1nnn(CCCO)c1CCN. The maximum Gasteiger partial charge on any atom is 0.360 e. The van der Waals surface area contributed by atoms with E-state index in [-0.39, 0.29) is 12.3 Å². The first-order chi connectivity index (χ1) is 7.74. The molecule has 1 aromatic heterocycles. The number of carbonyl (C=O) groups is 1. The second-order valence-electron chi connectivity index (χ2n) is 3.22. The number of hydrogen-bond acceptors (Lipinski definition) is 6. The molecule has 0 amide bonds. The van der Waals surface area contributed by atoms with Crippen molar-refractivity contribution >= 4 is 5.97 Å². The van der Waals surface area contributed by atoms with Gasteiger partial charge in [0.05, 0.1) is 12.8 Å². The van der Waals surface area contributed by atoms with Gasteiger partial charge in [-0.3, -0.25) is 0 Å². The average molecular weight is 228 g/mol. The molecule has 0 atom stereocenters. The molecule has 0 aliphatic carbocycles. The summed E-state index contributed by atoms with van der Waals surface area (Å²) in [6.45, 7) is 0.974. The van der Waals surface area contributed by atoms with E-state index >= 15 is 0 Å². The van der Waals surface area contributed by atoms with E-state index < -0.39 is 5.97 Å². The lowest BCUT2D eigenvalue weighted by atomic mass is 10.2. The Morgan fingerprint density at radius 1 is 1.62 bits per heavy atom. The zero-order chi connectivity index (χ0) is 12.0. The smallest absolute Gasteiger partial charge is 0.360 e. The Bertz CT molecular complexity index is 351. The molecule has 3 N–H and O–H groups in total. The van der Waals surface area contributed by atoms with Crippen molar-refractivity contribution in [3.8, 4) is 0 Å². The standard InChI is InChI=1S/C9H16N4O3/c1-16-9(15)8-7(3-4-10)13(12-11-8)5-2-6-14/h14H,2-6,10H2,1H3. The molecule has 1 aromatic rings. The number of aliphatic hydroxyl groups excluding tert-OH is 1. The molecule has 16 heavy (non-hydrogen) atoms. The molecule has 0 spiro atoms. The lowest BCUT2D eigenvalue weighted by molar-refractivity contribution is 0.0592. The second-order valence-corrected chi connectivity index (χ2v) is 3.22. The average Bonchev–Trinajstić information content (AvgIpc) is 2.69. The van der Waals surface area contributed by atoms with Crippen molar-refractivity contribution in [1.29, 1.82) is 0 Å². The molecule has 0 unspecified atom stereocenters. The predicted octanol–water partition coefficient (Wildman–Crippen LogP) is -1.05. The summed E-state index contributed by atoms with van der Waals surface area (Å²) in [6, 6.07) is 0. The summed E-state index contributed by atoms with van der Waals surface area (Å²) in [5.74, 6) is -0.515. The zero-order valence-corrected chi connectivity index (χ0v) is 9.22.